The fourth-order valence-corrected chi connectivity index (χ4v) is 2.10. The topological polar surface area (TPSA) is 41.6 Å². The molecule has 0 aromatic heterocycles. The molecule has 80 valence electrons. The number of hydrogen-bond acceptors (Lipinski definition) is 3. The molecular weight excluding hydrogens is 180 g/mol. The van der Waals surface area contributed by atoms with Gasteiger partial charge in [-0.15, -0.1) is 0 Å². The molecule has 2 fully saturated rings. The number of likely N-dealkylation sites (tertiary alicyclic amines) is 1. The summed E-state index contributed by atoms with van der Waals surface area (Å²) < 4.78 is 5.37. The first kappa shape index (κ1) is 9.93. The summed E-state index contributed by atoms with van der Waals surface area (Å²) in [4.78, 5) is 13.9. The van der Waals surface area contributed by atoms with Gasteiger partial charge in [0.25, 0.3) is 0 Å². The lowest BCUT2D eigenvalue weighted by Gasteiger charge is -2.30. The van der Waals surface area contributed by atoms with Crippen LogP contribution in [-0.2, 0) is 9.53 Å². The fraction of sp³-hybridized carbons (Fsp3) is 0.900. The van der Waals surface area contributed by atoms with Crippen molar-refractivity contribution in [2.45, 2.75) is 31.8 Å². The van der Waals surface area contributed by atoms with Gasteiger partial charge in [0.15, 0.2) is 0 Å². The molecule has 2 aliphatic heterocycles. The minimum atomic E-state index is -0.114. The lowest BCUT2D eigenvalue weighted by atomic mass is 10.2. The molecule has 2 atom stereocenters. The summed E-state index contributed by atoms with van der Waals surface area (Å²) in [7, 11) is 0. The Kier molecular flexibility index (Phi) is 3.03. The fourth-order valence-electron chi connectivity index (χ4n) is 2.10. The van der Waals surface area contributed by atoms with Crippen molar-refractivity contribution in [2.75, 3.05) is 26.3 Å². The van der Waals surface area contributed by atoms with E-state index in [9.17, 15) is 4.79 Å². The van der Waals surface area contributed by atoms with E-state index < -0.39 is 0 Å². The molecule has 0 aliphatic carbocycles. The first-order valence-electron chi connectivity index (χ1n) is 5.40. The van der Waals surface area contributed by atoms with E-state index in [1.54, 1.807) is 0 Å². The molecule has 0 saturated carbocycles. The maximum Gasteiger partial charge on any atom is 0.242 e. The third-order valence-electron chi connectivity index (χ3n) is 2.85. The van der Waals surface area contributed by atoms with Crippen LogP contribution < -0.4 is 5.32 Å². The lowest BCUT2D eigenvalue weighted by molar-refractivity contribution is -0.136. The highest BCUT2D eigenvalue weighted by Crippen LogP contribution is 2.11. The van der Waals surface area contributed by atoms with Crippen LogP contribution in [0, 0.1) is 0 Å². The van der Waals surface area contributed by atoms with Crippen LogP contribution >= 0.6 is 0 Å². The van der Waals surface area contributed by atoms with Crippen LogP contribution in [0.2, 0.25) is 0 Å². The van der Waals surface area contributed by atoms with E-state index in [1.165, 1.54) is 0 Å². The minimum absolute atomic E-state index is 0.114. The third kappa shape index (κ3) is 2.07. The molecule has 1 amide bonds. The molecule has 2 unspecified atom stereocenters. The number of morpholine rings is 1. The molecule has 0 aromatic rings. The number of amides is 1. The zero-order valence-corrected chi connectivity index (χ0v) is 8.66. The molecule has 4 heteroatoms. The van der Waals surface area contributed by atoms with Crippen LogP contribution in [0.1, 0.15) is 19.8 Å². The molecule has 4 nitrogen and oxygen atoms in total. The number of ether oxygens (including phenoxy) is 1. The summed E-state index contributed by atoms with van der Waals surface area (Å²) in [5, 5.41) is 3.28. The van der Waals surface area contributed by atoms with Crippen molar-refractivity contribution in [2.24, 2.45) is 0 Å². The van der Waals surface area contributed by atoms with Crippen molar-refractivity contribution in [1.29, 1.82) is 0 Å². The van der Waals surface area contributed by atoms with Crippen LogP contribution in [0.25, 0.3) is 0 Å². The van der Waals surface area contributed by atoms with Crippen molar-refractivity contribution in [3.63, 3.8) is 0 Å². The minimum Gasteiger partial charge on any atom is -0.378 e. The molecule has 0 radical (unpaired) electrons. The number of carbonyl (C=O) groups is 1. The van der Waals surface area contributed by atoms with Crippen molar-refractivity contribution in [1.82, 2.24) is 10.2 Å². The molecule has 0 spiro atoms. The molecule has 2 rings (SSSR count). The molecule has 1 N–H and O–H groups in total. The monoisotopic (exact) mass is 198 g/mol. The number of rotatable bonds is 1. The van der Waals surface area contributed by atoms with E-state index in [2.05, 4.69) is 5.32 Å². The Bertz CT molecular complexity index is 214. The van der Waals surface area contributed by atoms with Gasteiger partial charge in [-0.3, -0.25) is 10.1 Å². The Morgan fingerprint density at radius 2 is 2.07 bits per heavy atom. The Morgan fingerprint density at radius 1 is 1.36 bits per heavy atom. The van der Waals surface area contributed by atoms with Crippen molar-refractivity contribution in [3.05, 3.63) is 0 Å². The quantitative estimate of drug-likeness (QED) is 0.644. The molecule has 2 heterocycles. The average molecular weight is 198 g/mol. The predicted octanol–water partition coefficient (Wildman–Crippen LogP) is -0.0143. The highest BCUT2D eigenvalue weighted by molar-refractivity contribution is 5.82. The summed E-state index contributed by atoms with van der Waals surface area (Å²) in [5.41, 5.74) is 0. The van der Waals surface area contributed by atoms with Crippen molar-refractivity contribution in [3.8, 4) is 0 Å². The Labute approximate surface area is 84.6 Å². The highest BCUT2D eigenvalue weighted by Gasteiger charge is 2.29. The Balaban J connectivity index is 1.89. The van der Waals surface area contributed by atoms with Crippen LogP contribution in [0.4, 0.5) is 0 Å². The van der Waals surface area contributed by atoms with Gasteiger partial charge >= 0.3 is 0 Å². The van der Waals surface area contributed by atoms with Crippen molar-refractivity contribution >= 4 is 5.91 Å². The van der Waals surface area contributed by atoms with Gasteiger partial charge in [-0.2, -0.15) is 0 Å². The highest BCUT2D eigenvalue weighted by atomic mass is 16.5. The van der Waals surface area contributed by atoms with Crippen LogP contribution in [0.5, 0.6) is 0 Å². The number of carbonyl (C=O) groups excluding carboxylic acids is 1. The summed E-state index contributed by atoms with van der Waals surface area (Å²) in [6, 6.07) is 0.178. The van der Waals surface area contributed by atoms with Crippen LogP contribution in [0.15, 0.2) is 0 Å². The van der Waals surface area contributed by atoms with Gasteiger partial charge in [-0.05, 0) is 19.8 Å². The molecule has 2 aliphatic rings. The van der Waals surface area contributed by atoms with E-state index >= 15 is 0 Å². The SMILES string of the molecule is CC1COCC(C(=O)N2CCCC2)N1. The number of nitrogens with zero attached hydrogens (tertiary/aromatic N) is 1. The second-order valence-corrected chi connectivity index (χ2v) is 4.19. The third-order valence-corrected chi connectivity index (χ3v) is 2.85. The smallest absolute Gasteiger partial charge is 0.242 e. The van der Waals surface area contributed by atoms with Crippen LogP contribution in [0.3, 0.4) is 0 Å². The van der Waals surface area contributed by atoms with Crippen LogP contribution in [-0.4, -0.2) is 49.2 Å². The van der Waals surface area contributed by atoms with E-state index in [0.29, 0.717) is 19.3 Å². The van der Waals surface area contributed by atoms with Gasteiger partial charge in [-0.25, -0.2) is 0 Å². The van der Waals surface area contributed by atoms with Gasteiger partial charge < -0.3 is 9.64 Å². The second-order valence-electron chi connectivity index (χ2n) is 4.19. The molecule has 0 bridgehead atoms. The molecular formula is C10H18N2O2. The first-order chi connectivity index (χ1) is 6.77. The van der Waals surface area contributed by atoms with E-state index in [4.69, 9.17) is 4.74 Å². The van der Waals surface area contributed by atoms with Crippen molar-refractivity contribution < 1.29 is 9.53 Å². The summed E-state index contributed by atoms with van der Waals surface area (Å²) >= 11 is 0. The second kappa shape index (κ2) is 4.28. The number of nitrogens with one attached hydrogen (secondary N) is 1. The lowest BCUT2D eigenvalue weighted by Crippen LogP contribution is -2.55. The first-order valence-corrected chi connectivity index (χ1v) is 5.40. The average Bonchev–Trinajstić information content (AvgIpc) is 2.69. The molecule has 14 heavy (non-hydrogen) atoms. The van der Waals surface area contributed by atoms with Gasteiger partial charge in [0.1, 0.15) is 6.04 Å². The van der Waals surface area contributed by atoms with E-state index in [1.807, 2.05) is 11.8 Å². The van der Waals surface area contributed by atoms with E-state index in [0.717, 1.165) is 25.9 Å². The standard InChI is InChI=1S/C10H18N2O2/c1-8-6-14-7-9(11-8)10(13)12-4-2-3-5-12/h8-9,11H,2-7H2,1H3. The molecule has 2 saturated heterocycles. The zero-order valence-electron chi connectivity index (χ0n) is 8.66. The largest absolute Gasteiger partial charge is 0.378 e. The summed E-state index contributed by atoms with van der Waals surface area (Å²) in [5.74, 6) is 0.217. The maximum absolute atomic E-state index is 11.9. The zero-order chi connectivity index (χ0) is 9.97. The van der Waals surface area contributed by atoms with E-state index in [-0.39, 0.29) is 11.9 Å². The Hall–Kier alpha value is -0.610. The number of hydrogen-bond donors (Lipinski definition) is 1. The van der Waals surface area contributed by atoms with Gasteiger partial charge in [0, 0.05) is 19.1 Å². The predicted molar refractivity (Wildman–Crippen MR) is 53.0 cm³/mol. The summed E-state index contributed by atoms with van der Waals surface area (Å²) in [6.07, 6.45) is 2.30. The Morgan fingerprint density at radius 3 is 2.71 bits per heavy atom. The normalized spacial score (nSPS) is 33.4. The van der Waals surface area contributed by atoms with Gasteiger partial charge in [-0.1, -0.05) is 0 Å². The van der Waals surface area contributed by atoms with Gasteiger partial charge in [0.05, 0.1) is 13.2 Å². The van der Waals surface area contributed by atoms with Gasteiger partial charge in [0.2, 0.25) is 5.91 Å². The maximum atomic E-state index is 11.9. The summed E-state index contributed by atoms with van der Waals surface area (Å²) in [6.45, 7) is 5.13. The molecule has 0 aromatic carbocycles.